The second-order valence-corrected chi connectivity index (χ2v) is 30.2. The third-order valence-corrected chi connectivity index (χ3v) is 18.9. The average molecular weight is 1270 g/mol. The normalized spacial score (nSPS) is 11.8. The van der Waals surface area contributed by atoms with E-state index in [0.717, 1.165) is 92.0 Å². The monoisotopic (exact) mass is 1270 g/mol. The van der Waals surface area contributed by atoms with Crippen LogP contribution in [0.3, 0.4) is 0 Å². The molecule has 0 saturated carbocycles. The number of H-pyrrole nitrogens is 2. The first-order valence-corrected chi connectivity index (χ1v) is 32.9. The van der Waals surface area contributed by atoms with Crippen molar-refractivity contribution in [1.82, 2.24) is 132 Å². The Bertz CT molecular complexity index is 4820. The lowest BCUT2D eigenvalue weighted by Gasteiger charge is -2.15. The summed E-state index contributed by atoms with van der Waals surface area (Å²) in [7, 11) is 4.46. The number of hydrogen-bond donors (Lipinski definition) is 2. The molecule has 0 aliphatic carbocycles. The number of thiazole rings is 3. The lowest BCUT2D eigenvalue weighted by Crippen LogP contribution is -2.25. The van der Waals surface area contributed by atoms with Crippen molar-refractivity contribution >= 4 is 118 Å². The minimum atomic E-state index is -1.11. The molecule has 0 aliphatic rings. The molecule has 0 aliphatic heterocycles. The minimum absolute atomic E-state index is 0. The molecule has 87 heavy (non-hydrogen) atoms. The Hall–Kier alpha value is -9.55. The zero-order chi connectivity index (χ0) is 59.2. The van der Waals surface area contributed by atoms with E-state index in [0.29, 0.717) is 62.5 Å². The number of fused-ring (bicyclic) bond motifs is 9. The van der Waals surface area contributed by atoms with Gasteiger partial charge in [-0.2, -0.15) is 35.7 Å². The van der Waals surface area contributed by atoms with Crippen molar-refractivity contribution in [2.45, 2.75) is 71.7 Å². The van der Waals surface area contributed by atoms with E-state index in [2.05, 4.69) is 101 Å². The third-order valence-electron chi connectivity index (χ3n) is 14.0. The molecule has 31 nitrogen and oxygen atoms in total. The molecule has 15 aromatic rings. The number of aryl methyl sites for hydroxylation is 3. The SMILES string of the molecule is Cl.Cn1c2nc(Cn3cncn3)sc2c2cnn(Cc3ccn[nH]3)c(=O)c21.Cn1c2nc(Cn3cnnc3)sc2c2cnn(Cc3ccn(COCC[Si](C)(C)C)n3)c(=O)c21.Cn1c2nc(Cn3cnnc3)sc2c2cnn(Cc3ccn[nH]3)c(=O)c21. The number of aromatic nitrogens is 27. The molecule has 0 atom stereocenters. The number of rotatable bonds is 17. The summed E-state index contributed by atoms with van der Waals surface area (Å²) in [5.41, 5.74) is 6.07. The van der Waals surface area contributed by atoms with Crippen LogP contribution in [-0.2, 0) is 71.9 Å². The summed E-state index contributed by atoms with van der Waals surface area (Å²) in [5, 5.41) is 55.7. The van der Waals surface area contributed by atoms with Gasteiger partial charge in [0.05, 0.1) is 89.0 Å². The molecule has 0 radical (unpaired) electrons. The van der Waals surface area contributed by atoms with Crippen LogP contribution in [0.15, 0.2) is 108 Å². The maximum atomic E-state index is 13.3. The smallest absolute Gasteiger partial charge is 0.291 e. The van der Waals surface area contributed by atoms with Crippen molar-refractivity contribution in [1.29, 1.82) is 0 Å². The summed E-state index contributed by atoms with van der Waals surface area (Å²) in [6.45, 7) is 10.8. The number of nitrogens with one attached hydrogen (secondary N) is 2. The highest BCUT2D eigenvalue weighted by Gasteiger charge is 2.22. The summed E-state index contributed by atoms with van der Waals surface area (Å²) < 4.78 is 25.6. The van der Waals surface area contributed by atoms with E-state index in [9.17, 15) is 14.4 Å². The van der Waals surface area contributed by atoms with Gasteiger partial charge >= 0.3 is 0 Å². The summed E-state index contributed by atoms with van der Waals surface area (Å²) in [4.78, 5) is 57.1. The van der Waals surface area contributed by atoms with Gasteiger partial charge < -0.3 is 27.6 Å². The second kappa shape index (κ2) is 24.1. The van der Waals surface area contributed by atoms with Crippen LogP contribution in [0.5, 0.6) is 0 Å². The predicted molar refractivity (Wildman–Crippen MR) is 330 cm³/mol. The van der Waals surface area contributed by atoms with Crippen molar-refractivity contribution in [3.8, 4) is 0 Å². The van der Waals surface area contributed by atoms with Crippen LogP contribution in [0.25, 0.3) is 63.8 Å². The van der Waals surface area contributed by atoms with E-state index in [4.69, 9.17) is 9.72 Å². The Morgan fingerprint density at radius 2 is 0.989 bits per heavy atom. The van der Waals surface area contributed by atoms with Crippen molar-refractivity contribution in [2.75, 3.05) is 6.61 Å². The van der Waals surface area contributed by atoms with Crippen molar-refractivity contribution in [3.63, 3.8) is 0 Å². The molecule has 15 rings (SSSR count). The Morgan fingerprint density at radius 3 is 1.40 bits per heavy atom. The topological polar surface area (TPSA) is 335 Å². The van der Waals surface area contributed by atoms with Gasteiger partial charge in [0.25, 0.3) is 16.7 Å². The van der Waals surface area contributed by atoms with E-state index in [-0.39, 0.29) is 29.1 Å². The highest BCUT2D eigenvalue weighted by atomic mass is 35.5. The van der Waals surface area contributed by atoms with Crippen LogP contribution in [0.2, 0.25) is 25.7 Å². The predicted octanol–water partition coefficient (Wildman–Crippen LogP) is 4.48. The standard InChI is InChI=1S/C21H27N9O2SSi.2C15H13N9OS.ClH/c1-27-18-16(19-20(27)25-17(33-19)11-28-12-22-23-13-28)9-24-30(21(18)31)10-15-5-6-29(26-15)14-32-7-8-34(2,3)4;1-22-12-10(4-18-24(15(12)25)5-9-2-3-17-21-9)13-14(22)20-11(26-13)6-23-8-16-7-19-23;1-22-12-10(4-19-24(15(12)25)5-9-2-3-16-21-9)13-14(22)20-11(26-13)6-23-7-17-18-8-23;/h5-6,9,12-13H,7-8,10-11,14H2,1-4H3;2-4,7-8H,5-6H2,1H3,(H,17,21);2-4,7-8H,5-6H2,1H3,(H,16,21);1H. The van der Waals surface area contributed by atoms with Crippen LogP contribution in [0, 0.1) is 0 Å². The first-order chi connectivity index (χ1) is 41.7. The first-order valence-electron chi connectivity index (χ1n) is 26.7. The van der Waals surface area contributed by atoms with Crippen LogP contribution >= 0.6 is 46.4 Å². The van der Waals surface area contributed by atoms with E-state index in [1.807, 2.05) is 68.4 Å². The molecule has 0 aromatic carbocycles. The van der Waals surface area contributed by atoms with Gasteiger partial charge in [-0.1, -0.05) is 19.6 Å². The molecule has 15 aromatic heterocycles. The molecule has 0 saturated heterocycles. The fraction of sp³-hybridized carbons (Fsp3) is 0.294. The van der Waals surface area contributed by atoms with Gasteiger partial charge in [0, 0.05) is 70.6 Å². The molecular weight excluding hydrogens is 1210 g/mol. The lowest BCUT2D eigenvalue weighted by molar-refractivity contribution is 0.0782. The maximum Gasteiger partial charge on any atom is 0.291 e. The molecule has 0 amide bonds. The number of halogens is 1. The highest BCUT2D eigenvalue weighted by molar-refractivity contribution is 7.20. The largest absolute Gasteiger partial charge is 0.360 e. The Balaban J connectivity index is 0.000000128. The zero-order valence-corrected chi connectivity index (χ0v) is 51.7. The zero-order valence-electron chi connectivity index (χ0n) is 47.5. The maximum absolute atomic E-state index is 13.3. The highest BCUT2D eigenvalue weighted by Crippen LogP contribution is 2.34. The Morgan fingerprint density at radius 1 is 0.540 bits per heavy atom. The number of aromatic amines is 2. The van der Waals surface area contributed by atoms with Crippen LogP contribution in [-0.4, -0.2) is 147 Å². The van der Waals surface area contributed by atoms with Crippen LogP contribution in [0.1, 0.15) is 32.1 Å². The summed E-state index contributed by atoms with van der Waals surface area (Å²) in [5.74, 6) is 0. The van der Waals surface area contributed by atoms with Gasteiger partial charge in [-0.05, 0) is 24.2 Å². The van der Waals surface area contributed by atoms with E-state index >= 15 is 0 Å². The van der Waals surface area contributed by atoms with Crippen molar-refractivity contribution < 1.29 is 4.74 Å². The minimum Gasteiger partial charge on any atom is -0.360 e. The third kappa shape index (κ3) is 11.8. The Kier molecular flexibility index (Phi) is 16.0. The molecule has 0 spiro atoms. The molecule has 36 heteroatoms. The van der Waals surface area contributed by atoms with Gasteiger partial charge in [-0.15, -0.1) is 66.8 Å². The summed E-state index contributed by atoms with van der Waals surface area (Å²) >= 11 is 4.65. The molecule has 0 fully saturated rings. The van der Waals surface area contributed by atoms with Crippen molar-refractivity contribution in [3.05, 3.63) is 157 Å². The summed E-state index contributed by atoms with van der Waals surface area (Å²) in [6, 6.07) is 6.65. The number of nitrogens with zero attached hydrogens (tertiary/aromatic N) is 25. The summed E-state index contributed by atoms with van der Waals surface area (Å²) in [6.07, 6.45) is 20.1. The average Bonchev–Trinajstić information content (AvgIpc) is 1.77. The van der Waals surface area contributed by atoms with Gasteiger partial charge in [0.1, 0.15) is 76.3 Å². The molecule has 2 N–H and O–H groups in total. The lowest BCUT2D eigenvalue weighted by atomic mass is 10.3. The molecule has 0 unspecified atom stereocenters. The van der Waals surface area contributed by atoms with E-state index in [1.54, 1.807) is 106 Å². The molecular formula is C51H54ClN27O4S3Si. The fourth-order valence-electron chi connectivity index (χ4n) is 9.73. The number of ether oxygens (including phenoxy) is 1. The molecule has 0 bridgehead atoms. The first kappa shape index (κ1) is 57.9. The van der Waals surface area contributed by atoms with Crippen LogP contribution < -0.4 is 16.7 Å². The van der Waals surface area contributed by atoms with Gasteiger partial charge in [0.15, 0.2) is 16.9 Å². The number of hydrogen-bond acceptors (Lipinski definition) is 22. The second-order valence-electron chi connectivity index (χ2n) is 21.3. The van der Waals surface area contributed by atoms with Gasteiger partial charge in [-0.25, -0.2) is 43.3 Å². The van der Waals surface area contributed by atoms with Crippen LogP contribution in [0.4, 0.5) is 0 Å². The van der Waals surface area contributed by atoms with Gasteiger partial charge in [0.2, 0.25) is 0 Å². The van der Waals surface area contributed by atoms with E-state index < -0.39 is 8.07 Å². The quantitative estimate of drug-likeness (QED) is 0.0937. The van der Waals surface area contributed by atoms with Gasteiger partial charge in [-0.3, -0.25) is 24.6 Å². The molecule has 15 heterocycles. The van der Waals surface area contributed by atoms with Crippen molar-refractivity contribution in [2.24, 2.45) is 21.1 Å². The Labute approximate surface area is 508 Å². The van der Waals surface area contributed by atoms with E-state index in [1.165, 1.54) is 20.4 Å². The fourth-order valence-corrected chi connectivity index (χ4v) is 13.8. The molecule has 446 valence electrons.